The van der Waals surface area contributed by atoms with Gasteiger partial charge in [-0.1, -0.05) is 32.1 Å². The van der Waals surface area contributed by atoms with Gasteiger partial charge in [-0.05, 0) is 12.8 Å². The Kier molecular flexibility index (Phi) is 9.92. The average molecular weight is 234 g/mol. The zero-order valence-electron chi connectivity index (χ0n) is 10.1. The lowest BCUT2D eigenvalue weighted by Gasteiger charge is -2.27. The van der Waals surface area contributed by atoms with Crippen molar-refractivity contribution in [3.8, 4) is 0 Å². The largest absolute Gasteiger partial charge is 0.396 e. The highest BCUT2D eigenvalue weighted by atomic mass is 16.3. The van der Waals surface area contributed by atoms with Crippen LogP contribution < -0.4 is 0 Å². The quantitative estimate of drug-likeness (QED) is 0.396. The van der Waals surface area contributed by atoms with Crippen molar-refractivity contribution >= 4 is 0 Å². The average Bonchev–Trinajstić information content (AvgIpc) is 2.34. The molecule has 0 aliphatic heterocycles. The van der Waals surface area contributed by atoms with E-state index >= 15 is 0 Å². The van der Waals surface area contributed by atoms with Gasteiger partial charge in [-0.2, -0.15) is 0 Å². The van der Waals surface area contributed by atoms with Gasteiger partial charge in [0.1, 0.15) is 0 Å². The first-order valence-corrected chi connectivity index (χ1v) is 6.18. The van der Waals surface area contributed by atoms with Crippen LogP contribution in [0.3, 0.4) is 0 Å². The first-order valence-electron chi connectivity index (χ1n) is 6.18. The van der Waals surface area contributed by atoms with Crippen LogP contribution in [0.5, 0.6) is 0 Å². The Balaban J connectivity index is 3.48. The molecule has 0 unspecified atom stereocenters. The highest BCUT2D eigenvalue weighted by molar-refractivity contribution is 4.76. The van der Waals surface area contributed by atoms with Gasteiger partial charge in [-0.3, -0.25) is 0 Å². The molecule has 4 N–H and O–H groups in total. The number of hydrogen-bond acceptors (Lipinski definition) is 4. The normalized spacial score (nSPS) is 12.0. The van der Waals surface area contributed by atoms with Gasteiger partial charge in [0.15, 0.2) is 0 Å². The van der Waals surface area contributed by atoms with Crippen LogP contribution in [-0.2, 0) is 0 Å². The van der Waals surface area contributed by atoms with E-state index in [-0.39, 0.29) is 26.4 Å². The first-order chi connectivity index (χ1) is 7.74. The maximum Gasteiger partial charge on any atom is 0.0531 e. The molecule has 0 amide bonds. The molecule has 0 saturated heterocycles. The Bertz CT molecular complexity index is 138. The fraction of sp³-hybridized carbons (Fsp3) is 1.00. The summed E-state index contributed by atoms with van der Waals surface area (Å²) in [6.45, 7) is -0.220. The van der Waals surface area contributed by atoms with Crippen molar-refractivity contribution in [2.24, 2.45) is 5.41 Å². The van der Waals surface area contributed by atoms with E-state index in [0.29, 0.717) is 6.42 Å². The van der Waals surface area contributed by atoms with E-state index in [1.807, 2.05) is 0 Å². The standard InChI is InChI=1S/C12H26O4/c13-8-6-4-2-1-3-5-7-12(9-14,10-15)11-16/h13-16H,1-11H2. The predicted octanol–water partition coefficient (Wildman–Crippen LogP) is 0.673. The zero-order valence-corrected chi connectivity index (χ0v) is 10.1. The van der Waals surface area contributed by atoms with E-state index in [0.717, 1.165) is 38.5 Å². The van der Waals surface area contributed by atoms with Gasteiger partial charge in [0, 0.05) is 12.0 Å². The van der Waals surface area contributed by atoms with Crippen molar-refractivity contribution in [1.82, 2.24) is 0 Å². The van der Waals surface area contributed by atoms with Crippen LogP contribution in [0.15, 0.2) is 0 Å². The van der Waals surface area contributed by atoms with Crippen LogP contribution in [0.25, 0.3) is 0 Å². The monoisotopic (exact) mass is 234 g/mol. The molecule has 0 fully saturated rings. The molecule has 0 aromatic rings. The minimum atomic E-state index is -0.703. The van der Waals surface area contributed by atoms with E-state index in [2.05, 4.69) is 0 Å². The molecule has 0 aromatic carbocycles. The summed E-state index contributed by atoms with van der Waals surface area (Å²) in [6.07, 6.45) is 6.78. The Morgan fingerprint density at radius 1 is 0.562 bits per heavy atom. The Morgan fingerprint density at radius 3 is 1.44 bits per heavy atom. The fourth-order valence-electron chi connectivity index (χ4n) is 1.71. The first kappa shape index (κ1) is 15.8. The van der Waals surface area contributed by atoms with Crippen LogP contribution in [0.4, 0.5) is 0 Å². The lowest BCUT2D eigenvalue weighted by Crippen LogP contribution is -2.33. The Hall–Kier alpha value is -0.160. The molecule has 0 aromatic heterocycles. The van der Waals surface area contributed by atoms with E-state index in [4.69, 9.17) is 20.4 Å². The van der Waals surface area contributed by atoms with Crippen LogP contribution in [0.2, 0.25) is 0 Å². The summed E-state index contributed by atoms with van der Waals surface area (Å²) in [7, 11) is 0. The molecule has 98 valence electrons. The second-order valence-corrected chi connectivity index (χ2v) is 4.57. The SMILES string of the molecule is OCCCCCCCCC(CO)(CO)CO. The molecule has 4 heteroatoms. The highest BCUT2D eigenvalue weighted by Gasteiger charge is 2.26. The molecule has 0 spiro atoms. The number of aliphatic hydroxyl groups excluding tert-OH is 4. The summed E-state index contributed by atoms with van der Waals surface area (Å²) in [5, 5.41) is 35.9. The predicted molar refractivity (Wildman–Crippen MR) is 63.1 cm³/mol. The van der Waals surface area contributed by atoms with E-state index in [1.54, 1.807) is 0 Å². The lowest BCUT2D eigenvalue weighted by molar-refractivity contribution is -0.00230. The molecule has 0 rings (SSSR count). The molecule has 0 bridgehead atoms. The summed E-state index contributed by atoms with van der Waals surface area (Å²) < 4.78 is 0. The number of unbranched alkanes of at least 4 members (excludes halogenated alkanes) is 5. The third kappa shape index (κ3) is 6.43. The fourth-order valence-corrected chi connectivity index (χ4v) is 1.71. The second kappa shape index (κ2) is 10.0. The van der Waals surface area contributed by atoms with Crippen molar-refractivity contribution in [1.29, 1.82) is 0 Å². The van der Waals surface area contributed by atoms with E-state index in [1.165, 1.54) is 0 Å². The summed E-state index contributed by atoms with van der Waals surface area (Å²) in [4.78, 5) is 0. The maximum atomic E-state index is 9.10. The van der Waals surface area contributed by atoms with Crippen LogP contribution in [-0.4, -0.2) is 46.9 Å². The van der Waals surface area contributed by atoms with Gasteiger partial charge in [-0.25, -0.2) is 0 Å². The summed E-state index contributed by atoms with van der Waals surface area (Å²) in [5.41, 5.74) is -0.703. The van der Waals surface area contributed by atoms with E-state index in [9.17, 15) is 0 Å². The third-order valence-corrected chi connectivity index (χ3v) is 3.12. The summed E-state index contributed by atoms with van der Waals surface area (Å²) in [5.74, 6) is 0. The number of hydrogen-bond donors (Lipinski definition) is 4. The molecule has 4 nitrogen and oxygen atoms in total. The molecular weight excluding hydrogens is 208 g/mol. The van der Waals surface area contributed by atoms with E-state index < -0.39 is 5.41 Å². The summed E-state index contributed by atoms with van der Waals surface area (Å²) >= 11 is 0. The third-order valence-electron chi connectivity index (χ3n) is 3.12. The highest BCUT2D eigenvalue weighted by Crippen LogP contribution is 2.23. The molecule has 16 heavy (non-hydrogen) atoms. The minimum Gasteiger partial charge on any atom is -0.396 e. The molecule has 0 radical (unpaired) electrons. The van der Waals surface area contributed by atoms with Crippen LogP contribution in [0.1, 0.15) is 44.9 Å². The molecular formula is C12H26O4. The van der Waals surface area contributed by atoms with Gasteiger partial charge in [0.2, 0.25) is 0 Å². The molecule has 0 heterocycles. The Morgan fingerprint density at radius 2 is 1.00 bits per heavy atom. The van der Waals surface area contributed by atoms with Crippen molar-refractivity contribution in [2.75, 3.05) is 26.4 Å². The number of aliphatic hydroxyl groups is 4. The maximum absolute atomic E-state index is 9.10. The second-order valence-electron chi connectivity index (χ2n) is 4.57. The van der Waals surface area contributed by atoms with Crippen LogP contribution >= 0.6 is 0 Å². The molecule has 0 aliphatic carbocycles. The molecule has 0 aliphatic rings. The van der Waals surface area contributed by atoms with Gasteiger partial charge >= 0.3 is 0 Å². The van der Waals surface area contributed by atoms with Crippen molar-refractivity contribution in [3.63, 3.8) is 0 Å². The van der Waals surface area contributed by atoms with Crippen molar-refractivity contribution < 1.29 is 20.4 Å². The van der Waals surface area contributed by atoms with Gasteiger partial charge < -0.3 is 20.4 Å². The lowest BCUT2D eigenvalue weighted by atomic mass is 9.85. The zero-order chi connectivity index (χ0) is 12.3. The van der Waals surface area contributed by atoms with Crippen molar-refractivity contribution in [2.45, 2.75) is 44.9 Å². The van der Waals surface area contributed by atoms with Gasteiger partial charge in [0.25, 0.3) is 0 Å². The summed E-state index contributed by atoms with van der Waals surface area (Å²) in [6, 6.07) is 0. The molecule has 0 saturated carbocycles. The number of rotatable bonds is 11. The smallest absolute Gasteiger partial charge is 0.0531 e. The van der Waals surface area contributed by atoms with Crippen molar-refractivity contribution in [3.05, 3.63) is 0 Å². The van der Waals surface area contributed by atoms with Gasteiger partial charge in [0.05, 0.1) is 19.8 Å². The van der Waals surface area contributed by atoms with Gasteiger partial charge in [-0.15, -0.1) is 0 Å². The van der Waals surface area contributed by atoms with Crippen LogP contribution in [0, 0.1) is 5.41 Å². The topological polar surface area (TPSA) is 80.9 Å². The Labute approximate surface area is 97.9 Å². The minimum absolute atomic E-state index is 0.162. The molecule has 0 atom stereocenters.